The van der Waals surface area contributed by atoms with Gasteiger partial charge in [-0.1, -0.05) is 19.9 Å². The second kappa shape index (κ2) is 4.12. The summed E-state index contributed by atoms with van der Waals surface area (Å²) >= 11 is 3.41. The van der Waals surface area contributed by atoms with Crippen molar-refractivity contribution in [2.45, 2.75) is 26.7 Å². The first-order chi connectivity index (χ1) is 7.07. The van der Waals surface area contributed by atoms with Crippen molar-refractivity contribution in [1.82, 2.24) is 4.98 Å². The van der Waals surface area contributed by atoms with Crippen molar-refractivity contribution in [1.29, 1.82) is 0 Å². The van der Waals surface area contributed by atoms with E-state index in [-0.39, 0.29) is 0 Å². The third-order valence-electron chi connectivity index (χ3n) is 3.14. The molecule has 15 heavy (non-hydrogen) atoms. The summed E-state index contributed by atoms with van der Waals surface area (Å²) in [5.41, 5.74) is 0.502. The number of nitrogens with zero attached hydrogens (tertiary/aromatic N) is 2. The molecule has 0 atom stereocenters. The molecule has 1 aliphatic rings. The lowest BCUT2D eigenvalue weighted by molar-refractivity contribution is 0.279. The van der Waals surface area contributed by atoms with Crippen molar-refractivity contribution in [2.75, 3.05) is 18.0 Å². The van der Waals surface area contributed by atoms with Crippen molar-refractivity contribution in [3.8, 4) is 0 Å². The highest BCUT2D eigenvalue weighted by Crippen LogP contribution is 2.31. The van der Waals surface area contributed by atoms with E-state index >= 15 is 0 Å². The predicted molar refractivity (Wildman–Crippen MR) is 67.2 cm³/mol. The second-order valence-electron chi connectivity index (χ2n) is 4.97. The zero-order valence-electron chi connectivity index (χ0n) is 9.33. The van der Waals surface area contributed by atoms with Gasteiger partial charge in [0.1, 0.15) is 10.4 Å². The van der Waals surface area contributed by atoms with Crippen LogP contribution in [0.1, 0.15) is 26.7 Å². The molecule has 3 heteroatoms. The van der Waals surface area contributed by atoms with Crippen LogP contribution in [0, 0.1) is 5.41 Å². The topological polar surface area (TPSA) is 16.1 Å². The van der Waals surface area contributed by atoms with Crippen molar-refractivity contribution in [3.63, 3.8) is 0 Å². The summed E-state index contributed by atoms with van der Waals surface area (Å²) in [6, 6.07) is 6.10. The van der Waals surface area contributed by atoms with Gasteiger partial charge in [0.25, 0.3) is 0 Å². The summed E-state index contributed by atoms with van der Waals surface area (Å²) in [6.07, 6.45) is 2.50. The maximum Gasteiger partial charge on any atom is 0.129 e. The van der Waals surface area contributed by atoms with Gasteiger partial charge in [-0.2, -0.15) is 0 Å². The van der Waals surface area contributed by atoms with Crippen molar-refractivity contribution >= 4 is 21.7 Å². The lowest BCUT2D eigenvalue weighted by atomic mass is 9.83. The molecule has 82 valence electrons. The molecular formula is C12H17BrN2. The van der Waals surface area contributed by atoms with Crippen LogP contribution in [0.25, 0.3) is 0 Å². The summed E-state index contributed by atoms with van der Waals surface area (Å²) in [5.74, 6) is 1.10. The zero-order chi connectivity index (χ0) is 10.9. The summed E-state index contributed by atoms with van der Waals surface area (Å²) in [4.78, 5) is 6.86. The van der Waals surface area contributed by atoms with Crippen LogP contribution in [-0.4, -0.2) is 18.1 Å². The first-order valence-corrected chi connectivity index (χ1v) is 6.24. The molecule has 0 bridgehead atoms. The van der Waals surface area contributed by atoms with Crippen LogP contribution in [0.2, 0.25) is 0 Å². The minimum absolute atomic E-state index is 0.502. The van der Waals surface area contributed by atoms with Crippen LogP contribution in [0.3, 0.4) is 0 Å². The molecule has 2 nitrogen and oxygen atoms in total. The largest absolute Gasteiger partial charge is 0.357 e. The van der Waals surface area contributed by atoms with Crippen molar-refractivity contribution in [2.24, 2.45) is 5.41 Å². The van der Waals surface area contributed by atoms with Gasteiger partial charge in [0.05, 0.1) is 0 Å². The second-order valence-corrected chi connectivity index (χ2v) is 5.78. The van der Waals surface area contributed by atoms with Crippen molar-refractivity contribution < 1.29 is 0 Å². The fourth-order valence-corrected chi connectivity index (χ4v) is 2.25. The minimum atomic E-state index is 0.502. The van der Waals surface area contributed by atoms with E-state index in [1.165, 1.54) is 12.8 Å². The Morgan fingerprint density at radius 1 is 1.27 bits per heavy atom. The molecule has 0 amide bonds. The van der Waals surface area contributed by atoms with Gasteiger partial charge in [0, 0.05) is 13.1 Å². The first-order valence-electron chi connectivity index (χ1n) is 5.44. The van der Waals surface area contributed by atoms with Gasteiger partial charge in [-0.15, -0.1) is 0 Å². The smallest absolute Gasteiger partial charge is 0.129 e. The van der Waals surface area contributed by atoms with E-state index in [4.69, 9.17) is 0 Å². The van der Waals surface area contributed by atoms with Crippen molar-refractivity contribution in [3.05, 3.63) is 22.8 Å². The van der Waals surface area contributed by atoms with Gasteiger partial charge in [0.2, 0.25) is 0 Å². The number of piperidine rings is 1. The van der Waals surface area contributed by atoms with Crippen LogP contribution in [0.15, 0.2) is 22.8 Å². The highest BCUT2D eigenvalue weighted by molar-refractivity contribution is 9.10. The Hall–Kier alpha value is -0.570. The third kappa shape index (κ3) is 2.71. The monoisotopic (exact) mass is 268 g/mol. The molecule has 2 rings (SSSR count). The summed E-state index contributed by atoms with van der Waals surface area (Å²) in [7, 11) is 0. The highest BCUT2D eigenvalue weighted by Gasteiger charge is 2.25. The van der Waals surface area contributed by atoms with Gasteiger partial charge in [-0.05, 0) is 46.3 Å². The van der Waals surface area contributed by atoms with E-state index in [0.29, 0.717) is 5.41 Å². The van der Waals surface area contributed by atoms with E-state index in [9.17, 15) is 0 Å². The van der Waals surface area contributed by atoms with E-state index in [1.54, 1.807) is 0 Å². The van der Waals surface area contributed by atoms with E-state index in [1.807, 2.05) is 12.1 Å². The SMILES string of the molecule is CC1(C)CCN(c2cccc(Br)n2)CC1. The van der Waals surface area contributed by atoms with Crippen LogP contribution >= 0.6 is 15.9 Å². The fourth-order valence-electron chi connectivity index (χ4n) is 1.91. The Kier molecular flexibility index (Phi) is 3.01. The predicted octanol–water partition coefficient (Wildman–Crippen LogP) is 3.47. The lowest BCUT2D eigenvalue weighted by Gasteiger charge is -2.37. The first kappa shape index (κ1) is 10.9. The molecule has 1 aromatic heterocycles. The number of hydrogen-bond acceptors (Lipinski definition) is 2. The number of pyridine rings is 1. The van der Waals surface area contributed by atoms with Gasteiger partial charge in [-0.25, -0.2) is 4.98 Å². The number of hydrogen-bond donors (Lipinski definition) is 0. The van der Waals surface area contributed by atoms with E-state index in [0.717, 1.165) is 23.5 Å². The van der Waals surface area contributed by atoms with Crippen LogP contribution in [0.5, 0.6) is 0 Å². The lowest BCUT2D eigenvalue weighted by Crippen LogP contribution is -2.37. The maximum atomic E-state index is 4.49. The molecular weight excluding hydrogens is 252 g/mol. The third-order valence-corrected chi connectivity index (χ3v) is 3.58. The summed E-state index contributed by atoms with van der Waals surface area (Å²) < 4.78 is 0.921. The molecule has 1 aromatic rings. The highest BCUT2D eigenvalue weighted by atomic mass is 79.9. The number of aromatic nitrogens is 1. The molecule has 0 spiro atoms. The quantitative estimate of drug-likeness (QED) is 0.726. The fraction of sp³-hybridized carbons (Fsp3) is 0.583. The molecule has 0 aliphatic carbocycles. The van der Waals surface area contributed by atoms with Gasteiger partial charge >= 0.3 is 0 Å². The van der Waals surface area contributed by atoms with Gasteiger partial charge in [0.15, 0.2) is 0 Å². The molecule has 0 radical (unpaired) electrons. The number of rotatable bonds is 1. The van der Waals surface area contributed by atoms with Gasteiger partial charge < -0.3 is 4.90 Å². The normalized spacial score (nSPS) is 20.3. The molecule has 2 heterocycles. The Morgan fingerprint density at radius 3 is 2.53 bits per heavy atom. The van der Waals surface area contributed by atoms with Crippen LogP contribution < -0.4 is 4.90 Å². The Balaban J connectivity index is 2.08. The molecule has 0 aromatic carbocycles. The molecule has 0 N–H and O–H groups in total. The molecule has 1 fully saturated rings. The van der Waals surface area contributed by atoms with Gasteiger partial charge in [-0.3, -0.25) is 0 Å². The minimum Gasteiger partial charge on any atom is -0.357 e. The molecule has 0 saturated carbocycles. The summed E-state index contributed by atoms with van der Waals surface area (Å²) in [5, 5.41) is 0. The number of halogens is 1. The molecule has 1 aliphatic heterocycles. The summed E-state index contributed by atoms with van der Waals surface area (Å²) in [6.45, 7) is 6.93. The zero-order valence-corrected chi connectivity index (χ0v) is 10.9. The van der Waals surface area contributed by atoms with E-state index in [2.05, 4.69) is 45.7 Å². The Morgan fingerprint density at radius 2 is 1.93 bits per heavy atom. The average Bonchev–Trinajstić information content (AvgIpc) is 2.17. The van der Waals surface area contributed by atoms with Crippen LogP contribution in [0.4, 0.5) is 5.82 Å². The van der Waals surface area contributed by atoms with E-state index < -0.39 is 0 Å². The Labute approximate surface area is 99.8 Å². The van der Waals surface area contributed by atoms with Crippen LogP contribution in [-0.2, 0) is 0 Å². The maximum absolute atomic E-state index is 4.49. The average molecular weight is 269 g/mol. The number of anilines is 1. The standard InChI is InChI=1S/C12H17BrN2/c1-12(2)6-8-15(9-7-12)11-5-3-4-10(13)14-11/h3-5H,6-9H2,1-2H3. The molecule has 1 saturated heterocycles. The Bertz CT molecular complexity index is 339. The molecule has 0 unspecified atom stereocenters.